The Morgan fingerprint density at radius 2 is 1.76 bits per heavy atom. The average Bonchev–Trinajstić information content (AvgIpc) is 3.38. The van der Waals surface area contributed by atoms with E-state index in [0.29, 0.717) is 37.3 Å². The van der Waals surface area contributed by atoms with Gasteiger partial charge >= 0.3 is 0 Å². The van der Waals surface area contributed by atoms with Crippen LogP contribution in [0.5, 0.6) is 0 Å². The molecule has 5 aromatic rings. The smallest absolute Gasteiger partial charge is 0.283 e. The van der Waals surface area contributed by atoms with Crippen molar-refractivity contribution in [3.63, 3.8) is 0 Å². The SMILES string of the molecule is Cc1cccc(NC(=O)/C(C#N)=C/c2ccc(Sc3nc4ccc(NC(=O)c5ccccc5)cc4s3)c([N+](=O)[O-])c2)c1. The number of amides is 2. The van der Waals surface area contributed by atoms with Crippen LogP contribution in [-0.4, -0.2) is 21.7 Å². The van der Waals surface area contributed by atoms with E-state index < -0.39 is 10.8 Å². The maximum absolute atomic E-state index is 12.7. The summed E-state index contributed by atoms with van der Waals surface area (Å²) in [5.41, 5.74) is 3.30. The third-order valence-electron chi connectivity index (χ3n) is 5.99. The summed E-state index contributed by atoms with van der Waals surface area (Å²) in [6.07, 6.45) is 1.32. The van der Waals surface area contributed by atoms with Crippen LogP contribution in [0.25, 0.3) is 16.3 Å². The topological polar surface area (TPSA) is 138 Å². The molecule has 0 spiro atoms. The molecular formula is C31H21N5O4S2. The van der Waals surface area contributed by atoms with E-state index in [1.807, 2.05) is 31.2 Å². The van der Waals surface area contributed by atoms with Crippen LogP contribution in [0.3, 0.4) is 0 Å². The van der Waals surface area contributed by atoms with E-state index in [1.54, 1.807) is 66.7 Å². The van der Waals surface area contributed by atoms with E-state index >= 15 is 0 Å². The van der Waals surface area contributed by atoms with E-state index in [1.165, 1.54) is 23.5 Å². The van der Waals surface area contributed by atoms with Gasteiger partial charge in [-0.1, -0.05) is 48.2 Å². The Morgan fingerprint density at radius 3 is 2.50 bits per heavy atom. The molecule has 2 N–H and O–H groups in total. The molecule has 1 heterocycles. The van der Waals surface area contributed by atoms with Crippen LogP contribution in [0, 0.1) is 28.4 Å². The van der Waals surface area contributed by atoms with Gasteiger partial charge in [-0.15, -0.1) is 11.3 Å². The Morgan fingerprint density at radius 1 is 0.976 bits per heavy atom. The number of carbonyl (C=O) groups is 2. The zero-order valence-corrected chi connectivity index (χ0v) is 23.7. The zero-order chi connectivity index (χ0) is 29.6. The maximum Gasteiger partial charge on any atom is 0.283 e. The lowest BCUT2D eigenvalue weighted by molar-refractivity contribution is -0.387. The second-order valence-electron chi connectivity index (χ2n) is 9.06. The van der Waals surface area contributed by atoms with Crippen LogP contribution < -0.4 is 10.6 Å². The van der Waals surface area contributed by atoms with Crippen molar-refractivity contribution in [2.75, 3.05) is 10.6 Å². The predicted molar refractivity (Wildman–Crippen MR) is 165 cm³/mol. The first kappa shape index (κ1) is 28.2. The minimum atomic E-state index is -0.613. The molecule has 0 radical (unpaired) electrons. The lowest BCUT2D eigenvalue weighted by Gasteiger charge is -2.06. The standard InChI is InChI=1S/C31H21N5O4S2/c1-19-6-5-9-23(14-19)33-30(38)22(18-32)15-20-10-13-27(26(16-20)36(39)40)41-31-35-25-12-11-24(17-28(25)42-31)34-29(37)21-7-3-2-4-8-21/h2-17H,1H3,(H,33,38)(H,34,37)/b22-15+. The second-order valence-corrected chi connectivity index (χ2v) is 11.4. The zero-order valence-electron chi connectivity index (χ0n) is 22.0. The average molecular weight is 592 g/mol. The molecule has 0 fully saturated rings. The molecule has 0 aliphatic rings. The number of nitrogens with one attached hydrogen (secondary N) is 2. The lowest BCUT2D eigenvalue weighted by Crippen LogP contribution is -2.13. The van der Waals surface area contributed by atoms with Gasteiger partial charge in [-0.05, 0) is 72.7 Å². The van der Waals surface area contributed by atoms with Crippen LogP contribution in [0.1, 0.15) is 21.5 Å². The van der Waals surface area contributed by atoms with Crippen molar-refractivity contribution < 1.29 is 14.5 Å². The van der Waals surface area contributed by atoms with Gasteiger partial charge < -0.3 is 10.6 Å². The van der Waals surface area contributed by atoms with Crippen LogP contribution in [0.15, 0.2) is 106 Å². The number of fused-ring (bicyclic) bond motifs is 1. The van der Waals surface area contributed by atoms with Gasteiger partial charge in [0.15, 0.2) is 4.34 Å². The van der Waals surface area contributed by atoms with Crippen molar-refractivity contribution in [3.8, 4) is 6.07 Å². The van der Waals surface area contributed by atoms with E-state index in [9.17, 15) is 25.0 Å². The molecule has 9 nitrogen and oxygen atoms in total. The number of anilines is 2. The summed E-state index contributed by atoms with van der Waals surface area (Å²) in [4.78, 5) is 41.5. The first-order valence-corrected chi connectivity index (χ1v) is 14.2. The molecule has 0 atom stereocenters. The number of hydrogen-bond donors (Lipinski definition) is 2. The summed E-state index contributed by atoms with van der Waals surface area (Å²) in [6.45, 7) is 1.88. The van der Waals surface area contributed by atoms with Gasteiger partial charge in [0.25, 0.3) is 17.5 Å². The summed E-state index contributed by atoms with van der Waals surface area (Å²) in [5, 5.41) is 27.0. The van der Waals surface area contributed by atoms with Gasteiger partial charge in [-0.3, -0.25) is 19.7 Å². The normalized spacial score (nSPS) is 11.1. The largest absolute Gasteiger partial charge is 0.322 e. The van der Waals surface area contributed by atoms with Crippen LogP contribution in [0.4, 0.5) is 17.1 Å². The number of benzene rings is 4. The Bertz CT molecular complexity index is 1910. The summed E-state index contributed by atoms with van der Waals surface area (Å²) >= 11 is 2.48. The highest BCUT2D eigenvalue weighted by Gasteiger charge is 2.19. The highest BCUT2D eigenvalue weighted by Crippen LogP contribution is 2.40. The fourth-order valence-electron chi connectivity index (χ4n) is 4.00. The molecule has 0 bridgehead atoms. The molecule has 206 valence electrons. The number of hydrogen-bond acceptors (Lipinski definition) is 8. The van der Waals surface area contributed by atoms with Gasteiger partial charge in [0.2, 0.25) is 0 Å². The van der Waals surface area contributed by atoms with E-state index in [-0.39, 0.29) is 17.2 Å². The summed E-state index contributed by atoms with van der Waals surface area (Å²) in [7, 11) is 0. The third-order valence-corrected chi connectivity index (χ3v) is 8.14. The lowest BCUT2D eigenvalue weighted by atomic mass is 10.1. The molecule has 5 rings (SSSR count). The first-order valence-electron chi connectivity index (χ1n) is 12.5. The molecule has 0 aliphatic heterocycles. The molecule has 4 aromatic carbocycles. The van der Waals surface area contributed by atoms with Crippen molar-refractivity contribution in [1.29, 1.82) is 5.26 Å². The van der Waals surface area contributed by atoms with Gasteiger partial charge in [0.05, 0.1) is 20.0 Å². The number of nitro benzene ring substituents is 1. The predicted octanol–water partition coefficient (Wildman–Crippen LogP) is 7.46. The summed E-state index contributed by atoms with van der Waals surface area (Å²) in [5.74, 6) is -0.843. The number of thiazole rings is 1. The Balaban J connectivity index is 1.35. The van der Waals surface area contributed by atoms with E-state index in [0.717, 1.165) is 22.0 Å². The Kier molecular flexibility index (Phi) is 8.38. The van der Waals surface area contributed by atoms with Gasteiger partial charge in [-0.25, -0.2) is 4.98 Å². The fourth-order valence-corrected chi connectivity index (χ4v) is 6.15. The number of rotatable bonds is 8. The molecule has 0 aliphatic carbocycles. The molecule has 0 saturated carbocycles. The minimum absolute atomic E-state index is 0.180. The number of nitrogens with zero attached hydrogens (tertiary/aromatic N) is 3. The van der Waals surface area contributed by atoms with E-state index in [4.69, 9.17) is 0 Å². The van der Waals surface area contributed by atoms with Gasteiger partial charge in [0.1, 0.15) is 11.6 Å². The fraction of sp³-hybridized carbons (Fsp3) is 0.0323. The van der Waals surface area contributed by atoms with Crippen LogP contribution >= 0.6 is 23.1 Å². The molecule has 11 heteroatoms. The summed E-state index contributed by atoms with van der Waals surface area (Å²) < 4.78 is 1.39. The number of aryl methyl sites for hydroxylation is 1. The third kappa shape index (κ3) is 6.69. The highest BCUT2D eigenvalue weighted by molar-refractivity contribution is 8.01. The molecular weight excluding hydrogens is 571 g/mol. The monoisotopic (exact) mass is 591 g/mol. The minimum Gasteiger partial charge on any atom is -0.322 e. The number of nitriles is 1. The van der Waals surface area contributed by atoms with Crippen LogP contribution in [-0.2, 0) is 4.79 Å². The maximum atomic E-state index is 12.7. The number of carbonyl (C=O) groups excluding carboxylic acids is 2. The highest BCUT2D eigenvalue weighted by atomic mass is 32.2. The van der Waals surface area contributed by atoms with Crippen molar-refractivity contribution in [3.05, 3.63) is 123 Å². The van der Waals surface area contributed by atoms with Gasteiger partial charge in [-0.2, -0.15) is 5.26 Å². The van der Waals surface area contributed by atoms with Gasteiger partial charge in [0, 0.05) is 23.0 Å². The Hall–Kier alpha value is -5.31. The quantitative estimate of drug-likeness (QED) is 0.0826. The number of aromatic nitrogens is 1. The first-order chi connectivity index (χ1) is 20.3. The molecule has 0 unspecified atom stereocenters. The van der Waals surface area contributed by atoms with Crippen molar-refractivity contribution in [2.45, 2.75) is 16.2 Å². The Labute approximate surface area is 248 Å². The second kappa shape index (κ2) is 12.5. The number of nitro groups is 1. The van der Waals surface area contributed by atoms with Crippen LogP contribution in [0.2, 0.25) is 0 Å². The summed E-state index contributed by atoms with van der Waals surface area (Å²) in [6, 6.07) is 27.7. The van der Waals surface area contributed by atoms with Crippen molar-refractivity contribution in [2.24, 2.45) is 0 Å². The molecule has 42 heavy (non-hydrogen) atoms. The van der Waals surface area contributed by atoms with E-state index in [2.05, 4.69) is 15.6 Å². The van der Waals surface area contributed by atoms with Crippen molar-refractivity contribution in [1.82, 2.24) is 4.98 Å². The van der Waals surface area contributed by atoms with Crippen molar-refractivity contribution >= 4 is 68.3 Å². The molecule has 1 aromatic heterocycles. The molecule has 0 saturated heterocycles. The molecule has 2 amide bonds.